The van der Waals surface area contributed by atoms with Crippen LogP contribution in [0.5, 0.6) is 0 Å². The Morgan fingerprint density at radius 1 is 1.24 bits per heavy atom. The number of nitrogens with two attached hydrogens (primary N) is 1. The maximum Gasteiger partial charge on any atom is 0.0524 e. The molecule has 0 spiro atoms. The van der Waals surface area contributed by atoms with E-state index in [1.807, 2.05) is 13.0 Å². The zero-order valence-electron chi connectivity index (χ0n) is 10.7. The second kappa shape index (κ2) is 8.23. The van der Waals surface area contributed by atoms with Gasteiger partial charge in [-0.1, -0.05) is 30.3 Å². The van der Waals surface area contributed by atoms with Crippen molar-refractivity contribution < 1.29 is 5.11 Å². The molecule has 1 aromatic rings. The van der Waals surface area contributed by atoms with Gasteiger partial charge in [0.25, 0.3) is 0 Å². The molecule has 0 fully saturated rings. The second-order valence-corrected chi connectivity index (χ2v) is 4.54. The lowest BCUT2D eigenvalue weighted by Crippen LogP contribution is -2.28. The van der Waals surface area contributed by atoms with Gasteiger partial charge in [-0.15, -0.1) is 0 Å². The van der Waals surface area contributed by atoms with Gasteiger partial charge in [-0.2, -0.15) is 0 Å². The van der Waals surface area contributed by atoms with Gasteiger partial charge in [-0.3, -0.25) is 4.90 Å². The van der Waals surface area contributed by atoms with E-state index in [-0.39, 0.29) is 6.10 Å². The van der Waals surface area contributed by atoms with Crippen LogP contribution in [0.25, 0.3) is 0 Å². The van der Waals surface area contributed by atoms with Gasteiger partial charge in [0.2, 0.25) is 0 Å². The Kier molecular flexibility index (Phi) is 6.86. The number of benzene rings is 1. The molecule has 0 aliphatic rings. The number of hydrogen-bond acceptors (Lipinski definition) is 3. The third kappa shape index (κ3) is 6.41. The van der Waals surface area contributed by atoms with Crippen molar-refractivity contribution in [3.8, 4) is 0 Å². The van der Waals surface area contributed by atoms with Gasteiger partial charge in [-0.05, 0) is 38.4 Å². The van der Waals surface area contributed by atoms with Crippen molar-refractivity contribution in [1.82, 2.24) is 4.90 Å². The van der Waals surface area contributed by atoms with Crippen molar-refractivity contribution in [2.45, 2.75) is 32.4 Å². The molecular formula is C14H24N2O. The van der Waals surface area contributed by atoms with E-state index in [4.69, 9.17) is 5.73 Å². The molecule has 96 valence electrons. The first-order chi connectivity index (χ1) is 8.22. The van der Waals surface area contributed by atoms with Crippen molar-refractivity contribution >= 4 is 0 Å². The quantitative estimate of drug-likeness (QED) is 0.721. The van der Waals surface area contributed by atoms with E-state index in [2.05, 4.69) is 29.2 Å². The first-order valence-corrected chi connectivity index (χ1v) is 6.36. The summed E-state index contributed by atoms with van der Waals surface area (Å²) in [5.41, 5.74) is 6.87. The fourth-order valence-electron chi connectivity index (χ4n) is 1.80. The molecule has 0 bridgehead atoms. The first-order valence-electron chi connectivity index (χ1n) is 6.36. The fourth-order valence-corrected chi connectivity index (χ4v) is 1.80. The number of hydrogen-bond donors (Lipinski definition) is 2. The smallest absolute Gasteiger partial charge is 0.0524 e. The van der Waals surface area contributed by atoms with E-state index < -0.39 is 0 Å². The average Bonchev–Trinajstić information content (AvgIpc) is 2.34. The highest BCUT2D eigenvalue weighted by molar-refractivity contribution is 5.14. The predicted octanol–water partition coefficient (Wildman–Crippen LogP) is 1.61. The Morgan fingerprint density at radius 3 is 2.53 bits per heavy atom. The van der Waals surface area contributed by atoms with Crippen LogP contribution in [0.1, 0.15) is 25.3 Å². The van der Waals surface area contributed by atoms with Crippen LogP contribution in [0.2, 0.25) is 0 Å². The molecule has 0 aliphatic heterocycles. The molecule has 0 heterocycles. The Hall–Kier alpha value is -0.900. The molecule has 3 heteroatoms. The summed E-state index contributed by atoms with van der Waals surface area (Å²) in [6.07, 6.45) is 1.59. The minimum Gasteiger partial charge on any atom is -0.393 e. The Morgan fingerprint density at radius 2 is 1.94 bits per heavy atom. The Bertz CT molecular complexity index is 288. The zero-order chi connectivity index (χ0) is 12.5. The molecule has 17 heavy (non-hydrogen) atoms. The minimum absolute atomic E-state index is 0.230. The summed E-state index contributed by atoms with van der Waals surface area (Å²) >= 11 is 0. The number of nitrogens with zero attached hydrogens (tertiary/aromatic N) is 1. The monoisotopic (exact) mass is 236 g/mol. The molecule has 1 rings (SSSR count). The van der Waals surface area contributed by atoms with Crippen LogP contribution in [0, 0.1) is 0 Å². The number of aliphatic hydroxyl groups excluding tert-OH is 1. The fraction of sp³-hybridized carbons (Fsp3) is 0.571. The molecule has 1 atom stereocenters. The van der Waals surface area contributed by atoms with Gasteiger partial charge in [0.1, 0.15) is 0 Å². The van der Waals surface area contributed by atoms with E-state index in [0.29, 0.717) is 0 Å². The van der Waals surface area contributed by atoms with Crippen LogP contribution < -0.4 is 5.73 Å². The largest absolute Gasteiger partial charge is 0.393 e. The summed E-state index contributed by atoms with van der Waals surface area (Å²) in [6.45, 7) is 5.42. The standard InChI is InChI=1S/C14H24N2O/c1-13(17)8-11-16(10-5-9-15)12-14-6-3-2-4-7-14/h2-4,6-7,13,17H,5,8-12,15H2,1H3. The summed E-state index contributed by atoms with van der Waals surface area (Å²) in [5.74, 6) is 0. The lowest BCUT2D eigenvalue weighted by Gasteiger charge is -2.22. The van der Waals surface area contributed by atoms with Gasteiger partial charge in [0.15, 0.2) is 0 Å². The average molecular weight is 236 g/mol. The molecule has 3 N–H and O–H groups in total. The van der Waals surface area contributed by atoms with E-state index in [1.54, 1.807) is 0 Å². The summed E-state index contributed by atoms with van der Waals surface area (Å²) in [4.78, 5) is 2.36. The number of aliphatic hydroxyl groups is 1. The lowest BCUT2D eigenvalue weighted by atomic mass is 10.2. The molecule has 0 radical (unpaired) electrons. The third-order valence-corrected chi connectivity index (χ3v) is 2.79. The molecule has 0 saturated carbocycles. The van der Waals surface area contributed by atoms with Gasteiger partial charge in [-0.25, -0.2) is 0 Å². The third-order valence-electron chi connectivity index (χ3n) is 2.79. The second-order valence-electron chi connectivity index (χ2n) is 4.54. The maximum absolute atomic E-state index is 9.34. The van der Waals surface area contributed by atoms with Crippen molar-refractivity contribution in [2.75, 3.05) is 19.6 Å². The van der Waals surface area contributed by atoms with Crippen molar-refractivity contribution in [3.05, 3.63) is 35.9 Å². The normalized spacial score (nSPS) is 12.9. The number of rotatable bonds is 8. The highest BCUT2D eigenvalue weighted by atomic mass is 16.3. The molecule has 3 nitrogen and oxygen atoms in total. The Labute approximate surface area is 104 Å². The SMILES string of the molecule is CC(O)CCN(CCCN)Cc1ccccc1. The van der Waals surface area contributed by atoms with Crippen molar-refractivity contribution in [2.24, 2.45) is 5.73 Å². The first kappa shape index (κ1) is 14.2. The van der Waals surface area contributed by atoms with Gasteiger partial charge < -0.3 is 10.8 Å². The van der Waals surface area contributed by atoms with E-state index in [1.165, 1.54) is 5.56 Å². The lowest BCUT2D eigenvalue weighted by molar-refractivity contribution is 0.153. The van der Waals surface area contributed by atoms with Crippen LogP contribution in [0.3, 0.4) is 0 Å². The van der Waals surface area contributed by atoms with Crippen LogP contribution in [0.15, 0.2) is 30.3 Å². The van der Waals surface area contributed by atoms with Gasteiger partial charge in [0, 0.05) is 13.1 Å². The van der Waals surface area contributed by atoms with Crippen LogP contribution in [-0.4, -0.2) is 35.7 Å². The van der Waals surface area contributed by atoms with E-state index in [9.17, 15) is 5.11 Å². The van der Waals surface area contributed by atoms with Gasteiger partial charge >= 0.3 is 0 Å². The van der Waals surface area contributed by atoms with Crippen LogP contribution >= 0.6 is 0 Å². The molecule has 0 amide bonds. The molecule has 1 unspecified atom stereocenters. The maximum atomic E-state index is 9.34. The van der Waals surface area contributed by atoms with Gasteiger partial charge in [0.05, 0.1) is 6.10 Å². The molecule has 0 saturated heterocycles. The highest BCUT2D eigenvalue weighted by Crippen LogP contribution is 2.06. The molecule has 0 aliphatic carbocycles. The highest BCUT2D eigenvalue weighted by Gasteiger charge is 2.06. The summed E-state index contributed by atoms with van der Waals surface area (Å²) in [7, 11) is 0. The van der Waals surface area contributed by atoms with Crippen LogP contribution in [0.4, 0.5) is 0 Å². The summed E-state index contributed by atoms with van der Waals surface area (Å²) in [6, 6.07) is 10.4. The molecule has 0 aromatic heterocycles. The predicted molar refractivity (Wildman–Crippen MR) is 71.7 cm³/mol. The molecular weight excluding hydrogens is 212 g/mol. The van der Waals surface area contributed by atoms with Crippen molar-refractivity contribution in [1.29, 1.82) is 0 Å². The van der Waals surface area contributed by atoms with Crippen LogP contribution in [-0.2, 0) is 6.54 Å². The minimum atomic E-state index is -0.230. The van der Waals surface area contributed by atoms with E-state index in [0.717, 1.165) is 39.0 Å². The topological polar surface area (TPSA) is 49.5 Å². The van der Waals surface area contributed by atoms with E-state index >= 15 is 0 Å². The Balaban J connectivity index is 2.44. The summed E-state index contributed by atoms with van der Waals surface area (Å²) in [5, 5.41) is 9.34. The zero-order valence-corrected chi connectivity index (χ0v) is 10.7. The molecule has 1 aromatic carbocycles. The van der Waals surface area contributed by atoms with Crippen molar-refractivity contribution in [3.63, 3.8) is 0 Å². The summed E-state index contributed by atoms with van der Waals surface area (Å²) < 4.78 is 0.